The predicted molar refractivity (Wildman–Crippen MR) is 90.2 cm³/mol. The molecule has 3 rings (SSSR count). The number of carbonyl (C=O) groups is 1. The first-order chi connectivity index (χ1) is 10.6. The van der Waals surface area contributed by atoms with Gasteiger partial charge in [0.2, 0.25) is 0 Å². The summed E-state index contributed by atoms with van der Waals surface area (Å²) in [5.41, 5.74) is 2.34. The number of nitrogens with zero attached hydrogens (tertiary/aromatic N) is 2. The highest BCUT2D eigenvalue weighted by molar-refractivity contribution is 9.10. The van der Waals surface area contributed by atoms with E-state index in [2.05, 4.69) is 31.7 Å². The summed E-state index contributed by atoms with van der Waals surface area (Å²) >= 11 is 3.47. The molecular weight excluding hydrogens is 344 g/mol. The Morgan fingerprint density at radius 2 is 2.32 bits per heavy atom. The fraction of sp³-hybridized carbons (Fsp3) is 0.375. The third-order valence-corrected chi connectivity index (χ3v) is 4.77. The zero-order valence-electron chi connectivity index (χ0n) is 12.5. The molecule has 2 heterocycles. The van der Waals surface area contributed by atoms with Crippen LogP contribution >= 0.6 is 15.9 Å². The molecule has 6 heteroatoms. The normalized spacial score (nSPS) is 18.2. The van der Waals surface area contributed by atoms with E-state index in [0.29, 0.717) is 11.7 Å². The van der Waals surface area contributed by atoms with Gasteiger partial charge in [-0.05, 0) is 50.1 Å². The third-order valence-electron chi connectivity index (χ3n) is 3.92. The molecule has 22 heavy (non-hydrogen) atoms. The molecule has 0 spiro atoms. The van der Waals surface area contributed by atoms with Crippen molar-refractivity contribution < 1.29 is 4.79 Å². The average Bonchev–Trinajstić information content (AvgIpc) is 3.02. The van der Waals surface area contributed by atoms with Crippen LogP contribution in [-0.2, 0) is 0 Å². The summed E-state index contributed by atoms with van der Waals surface area (Å²) in [6, 6.07) is 7.86. The van der Waals surface area contributed by atoms with Crippen LogP contribution in [0.4, 0.5) is 5.69 Å². The van der Waals surface area contributed by atoms with Gasteiger partial charge < -0.3 is 10.6 Å². The van der Waals surface area contributed by atoms with E-state index in [1.165, 1.54) is 0 Å². The number of halogens is 1. The molecule has 1 unspecified atom stereocenters. The quantitative estimate of drug-likeness (QED) is 0.881. The summed E-state index contributed by atoms with van der Waals surface area (Å²) in [5, 5.41) is 10.7. The number of rotatable bonds is 3. The predicted octanol–water partition coefficient (Wildman–Crippen LogP) is 3.13. The third kappa shape index (κ3) is 3.39. The van der Waals surface area contributed by atoms with E-state index < -0.39 is 0 Å². The first-order valence-electron chi connectivity index (χ1n) is 7.47. The van der Waals surface area contributed by atoms with Crippen LogP contribution in [0, 0.1) is 6.92 Å². The molecular formula is C16H19BrN4O. The van der Waals surface area contributed by atoms with Crippen LogP contribution < -0.4 is 10.6 Å². The first kappa shape index (κ1) is 15.2. The molecule has 1 aromatic heterocycles. The lowest BCUT2D eigenvalue weighted by Gasteiger charge is -2.22. The van der Waals surface area contributed by atoms with Gasteiger partial charge in [0.1, 0.15) is 0 Å². The van der Waals surface area contributed by atoms with E-state index in [1.807, 2.05) is 36.0 Å². The van der Waals surface area contributed by atoms with E-state index in [-0.39, 0.29) is 5.91 Å². The van der Waals surface area contributed by atoms with Crippen molar-refractivity contribution in [3.05, 3.63) is 46.2 Å². The van der Waals surface area contributed by atoms with E-state index in [0.717, 1.165) is 41.7 Å². The number of hydrogen-bond donors (Lipinski definition) is 2. The lowest BCUT2D eigenvalue weighted by atomic mass is 10.1. The van der Waals surface area contributed by atoms with Crippen LogP contribution in [0.3, 0.4) is 0 Å². The maximum Gasteiger partial charge on any atom is 0.276 e. The fourth-order valence-electron chi connectivity index (χ4n) is 2.59. The molecule has 0 saturated carbocycles. The smallest absolute Gasteiger partial charge is 0.276 e. The lowest BCUT2D eigenvalue weighted by Crippen LogP contribution is -2.32. The Morgan fingerprint density at radius 3 is 3.05 bits per heavy atom. The van der Waals surface area contributed by atoms with Crippen LogP contribution in [0.1, 0.15) is 34.9 Å². The SMILES string of the molecule is Cc1ccc(NC(=O)c2ccn(C3CCCNC3)n2)cc1Br. The number of nitrogens with one attached hydrogen (secondary N) is 2. The number of aromatic nitrogens is 2. The molecule has 1 aromatic carbocycles. The number of benzene rings is 1. The van der Waals surface area contributed by atoms with Gasteiger partial charge in [-0.2, -0.15) is 5.10 Å². The second-order valence-corrected chi connectivity index (χ2v) is 6.45. The molecule has 0 bridgehead atoms. The molecule has 2 N–H and O–H groups in total. The van der Waals surface area contributed by atoms with Crippen LogP contribution in [0.25, 0.3) is 0 Å². The highest BCUT2D eigenvalue weighted by Crippen LogP contribution is 2.21. The second kappa shape index (κ2) is 6.62. The van der Waals surface area contributed by atoms with Gasteiger partial charge in [-0.25, -0.2) is 0 Å². The van der Waals surface area contributed by atoms with Gasteiger partial charge in [-0.1, -0.05) is 22.0 Å². The van der Waals surface area contributed by atoms with Crippen molar-refractivity contribution in [3.63, 3.8) is 0 Å². The number of aryl methyl sites for hydroxylation is 1. The molecule has 1 fully saturated rings. The summed E-state index contributed by atoms with van der Waals surface area (Å²) in [7, 11) is 0. The van der Waals surface area contributed by atoms with Gasteiger partial charge in [-0.15, -0.1) is 0 Å². The molecule has 2 aromatic rings. The summed E-state index contributed by atoms with van der Waals surface area (Å²) < 4.78 is 2.87. The van der Waals surface area contributed by atoms with Crippen LogP contribution in [-0.4, -0.2) is 28.8 Å². The Balaban J connectivity index is 1.69. The lowest BCUT2D eigenvalue weighted by molar-refractivity contribution is 0.102. The van der Waals surface area contributed by atoms with Gasteiger partial charge >= 0.3 is 0 Å². The van der Waals surface area contributed by atoms with E-state index in [1.54, 1.807) is 6.07 Å². The Bertz CT molecular complexity index is 677. The highest BCUT2D eigenvalue weighted by Gasteiger charge is 2.17. The van der Waals surface area contributed by atoms with E-state index in [4.69, 9.17) is 0 Å². The van der Waals surface area contributed by atoms with Gasteiger partial charge in [-0.3, -0.25) is 9.48 Å². The molecule has 0 aliphatic carbocycles. The summed E-state index contributed by atoms with van der Waals surface area (Å²) in [6.45, 7) is 3.98. The fourth-order valence-corrected chi connectivity index (χ4v) is 2.97. The zero-order valence-corrected chi connectivity index (χ0v) is 14.1. The maximum absolute atomic E-state index is 12.3. The van der Waals surface area contributed by atoms with Crippen molar-refractivity contribution in [1.82, 2.24) is 15.1 Å². The van der Waals surface area contributed by atoms with Crippen LogP contribution in [0.2, 0.25) is 0 Å². The van der Waals surface area contributed by atoms with Gasteiger partial charge in [0, 0.05) is 22.9 Å². The van der Waals surface area contributed by atoms with Crippen molar-refractivity contribution in [2.45, 2.75) is 25.8 Å². The van der Waals surface area contributed by atoms with Crippen molar-refractivity contribution >= 4 is 27.5 Å². The van der Waals surface area contributed by atoms with Gasteiger partial charge in [0.05, 0.1) is 6.04 Å². The Labute approximate surface area is 138 Å². The molecule has 1 amide bonds. The molecule has 1 saturated heterocycles. The minimum atomic E-state index is -0.182. The van der Waals surface area contributed by atoms with E-state index >= 15 is 0 Å². The molecule has 1 atom stereocenters. The highest BCUT2D eigenvalue weighted by atomic mass is 79.9. The Morgan fingerprint density at radius 1 is 1.45 bits per heavy atom. The maximum atomic E-state index is 12.3. The number of carbonyl (C=O) groups excluding carboxylic acids is 1. The molecule has 0 radical (unpaired) electrons. The Kier molecular flexibility index (Phi) is 4.59. The van der Waals surface area contributed by atoms with Crippen molar-refractivity contribution in [2.24, 2.45) is 0 Å². The zero-order chi connectivity index (χ0) is 15.5. The largest absolute Gasteiger partial charge is 0.321 e. The van der Waals surface area contributed by atoms with Crippen molar-refractivity contribution in [3.8, 4) is 0 Å². The summed E-state index contributed by atoms with van der Waals surface area (Å²) in [4.78, 5) is 12.3. The minimum Gasteiger partial charge on any atom is -0.321 e. The van der Waals surface area contributed by atoms with Crippen LogP contribution in [0.5, 0.6) is 0 Å². The Hall–Kier alpha value is -1.66. The van der Waals surface area contributed by atoms with Gasteiger partial charge in [0.25, 0.3) is 5.91 Å². The molecule has 116 valence electrons. The number of amides is 1. The first-order valence-corrected chi connectivity index (χ1v) is 8.26. The topological polar surface area (TPSA) is 59.0 Å². The van der Waals surface area contributed by atoms with Crippen molar-refractivity contribution in [2.75, 3.05) is 18.4 Å². The molecule has 1 aliphatic rings. The second-order valence-electron chi connectivity index (χ2n) is 5.60. The average molecular weight is 363 g/mol. The van der Waals surface area contributed by atoms with E-state index in [9.17, 15) is 4.79 Å². The van der Waals surface area contributed by atoms with Crippen LogP contribution in [0.15, 0.2) is 34.9 Å². The standard InChI is InChI=1S/C16H19BrN4O/c1-11-4-5-12(9-14(11)17)19-16(22)15-6-8-21(20-15)13-3-2-7-18-10-13/h4-6,8-9,13,18H,2-3,7,10H2,1H3,(H,19,22). The minimum absolute atomic E-state index is 0.182. The molecule has 1 aliphatic heterocycles. The summed E-state index contributed by atoms with van der Waals surface area (Å²) in [5.74, 6) is -0.182. The number of anilines is 1. The summed E-state index contributed by atoms with van der Waals surface area (Å²) in [6.07, 6.45) is 4.13. The molecule has 5 nitrogen and oxygen atoms in total. The van der Waals surface area contributed by atoms with Crippen molar-refractivity contribution in [1.29, 1.82) is 0 Å². The number of hydrogen-bond acceptors (Lipinski definition) is 3. The van der Waals surface area contributed by atoms with Gasteiger partial charge in [0.15, 0.2) is 5.69 Å². The monoisotopic (exact) mass is 362 g/mol. The number of piperidine rings is 1.